The third-order valence-electron chi connectivity index (χ3n) is 4.33. The van der Waals surface area contributed by atoms with Crippen molar-refractivity contribution in [2.75, 3.05) is 53.6 Å². The molecule has 0 saturated carbocycles. The summed E-state index contributed by atoms with van der Waals surface area (Å²) in [6.07, 6.45) is -4.41. The monoisotopic (exact) mass is 390 g/mol. The number of halogens is 3. The van der Waals surface area contributed by atoms with E-state index in [1.165, 1.54) is 0 Å². The Balaban J connectivity index is 1.77. The first-order valence-electron chi connectivity index (χ1n) is 8.68. The SMILES string of the molecule is COc1ccc(OC)c(CN2CCN(C(=O)CCOCC(F)(F)F)CC2)c1. The molecule has 27 heavy (non-hydrogen) atoms. The van der Waals surface area contributed by atoms with Gasteiger partial charge in [0.2, 0.25) is 5.91 Å². The van der Waals surface area contributed by atoms with Gasteiger partial charge < -0.3 is 19.1 Å². The third-order valence-corrected chi connectivity index (χ3v) is 4.33. The Morgan fingerprint density at radius 2 is 1.81 bits per heavy atom. The maximum atomic E-state index is 12.1. The number of rotatable bonds is 8. The van der Waals surface area contributed by atoms with Gasteiger partial charge in [-0.25, -0.2) is 0 Å². The smallest absolute Gasteiger partial charge is 0.411 e. The van der Waals surface area contributed by atoms with E-state index in [0.717, 1.165) is 17.1 Å². The fourth-order valence-corrected chi connectivity index (χ4v) is 2.91. The van der Waals surface area contributed by atoms with Crippen LogP contribution in [0.3, 0.4) is 0 Å². The first-order valence-corrected chi connectivity index (χ1v) is 8.68. The molecule has 0 radical (unpaired) electrons. The number of benzene rings is 1. The Labute approximate surface area is 156 Å². The summed E-state index contributed by atoms with van der Waals surface area (Å²) in [5.74, 6) is 1.34. The van der Waals surface area contributed by atoms with Crippen LogP contribution in [0, 0.1) is 0 Å². The summed E-state index contributed by atoms with van der Waals surface area (Å²) in [6.45, 7) is 1.53. The van der Waals surface area contributed by atoms with E-state index in [9.17, 15) is 18.0 Å². The predicted octanol–water partition coefficient (Wildman–Crippen LogP) is 2.32. The highest BCUT2D eigenvalue weighted by Crippen LogP contribution is 2.25. The maximum Gasteiger partial charge on any atom is 0.411 e. The number of piperazine rings is 1. The van der Waals surface area contributed by atoms with Gasteiger partial charge in [0.1, 0.15) is 18.1 Å². The van der Waals surface area contributed by atoms with Gasteiger partial charge in [0, 0.05) is 38.3 Å². The van der Waals surface area contributed by atoms with Gasteiger partial charge >= 0.3 is 6.18 Å². The highest BCUT2D eigenvalue weighted by atomic mass is 19.4. The molecule has 1 aromatic rings. The van der Waals surface area contributed by atoms with Crippen molar-refractivity contribution in [3.05, 3.63) is 23.8 Å². The molecule has 9 heteroatoms. The molecule has 0 N–H and O–H groups in total. The quantitative estimate of drug-likeness (QED) is 0.638. The van der Waals surface area contributed by atoms with Gasteiger partial charge in [-0.05, 0) is 18.2 Å². The van der Waals surface area contributed by atoms with E-state index in [4.69, 9.17) is 9.47 Å². The molecule has 0 aliphatic carbocycles. The van der Waals surface area contributed by atoms with Crippen molar-refractivity contribution in [3.8, 4) is 11.5 Å². The number of methoxy groups -OCH3 is 2. The first-order chi connectivity index (χ1) is 12.8. The Kier molecular flexibility index (Phi) is 7.73. The van der Waals surface area contributed by atoms with Gasteiger partial charge in [-0.15, -0.1) is 0 Å². The number of carbonyl (C=O) groups is 1. The van der Waals surface area contributed by atoms with Crippen molar-refractivity contribution in [3.63, 3.8) is 0 Å². The van der Waals surface area contributed by atoms with Crippen LogP contribution in [0.2, 0.25) is 0 Å². The van der Waals surface area contributed by atoms with E-state index in [-0.39, 0.29) is 18.9 Å². The minimum atomic E-state index is -4.37. The van der Waals surface area contributed by atoms with Crippen molar-refractivity contribution < 1.29 is 32.2 Å². The Hall–Kier alpha value is -2.00. The molecule has 0 bridgehead atoms. The van der Waals surface area contributed by atoms with Gasteiger partial charge in [-0.2, -0.15) is 13.2 Å². The zero-order chi connectivity index (χ0) is 19.9. The minimum absolute atomic E-state index is 0.0419. The average molecular weight is 390 g/mol. The molecule has 1 aliphatic rings. The molecule has 0 aromatic heterocycles. The number of carbonyl (C=O) groups excluding carboxylic acids is 1. The molecular formula is C18H25F3N2O4. The molecule has 6 nitrogen and oxygen atoms in total. The van der Waals surface area contributed by atoms with Gasteiger partial charge in [-0.3, -0.25) is 9.69 Å². The molecule has 152 valence electrons. The molecule has 1 heterocycles. The van der Waals surface area contributed by atoms with E-state index in [2.05, 4.69) is 9.64 Å². The van der Waals surface area contributed by atoms with Gasteiger partial charge in [-0.1, -0.05) is 0 Å². The Morgan fingerprint density at radius 3 is 2.41 bits per heavy atom. The number of amides is 1. The van der Waals surface area contributed by atoms with Crippen molar-refractivity contribution in [2.24, 2.45) is 0 Å². The fraction of sp³-hybridized carbons (Fsp3) is 0.611. The summed E-state index contributed by atoms with van der Waals surface area (Å²) in [4.78, 5) is 15.9. The minimum Gasteiger partial charge on any atom is -0.497 e. The van der Waals surface area contributed by atoms with Crippen LogP contribution in [-0.4, -0.2) is 75.5 Å². The molecule has 1 aromatic carbocycles. The standard InChI is InChI=1S/C18H25F3N2O4/c1-25-15-3-4-16(26-2)14(11-15)12-22-6-8-23(9-7-22)17(24)5-10-27-13-18(19,20)21/h3-4,11H,5-10,12-13H2,1-2H3. The Morgan fingerprint density at radius 1 is 1.11 bits per heavy atom. The predicted molar refractivity (Wildman–Crippen MR) is 92.9 cm³/mol. The van der Waals surface area contributed by atoms with Crippen molar-refractivity contribution >= 4 is 5.91 Å². The van der Waals surface area contributed by atoms with E-state index >= 15 is 0 Å². The summed E-state index contributed by atoms with van der Waals surface area (Å²) in [5.41, 5.74) is 0.997. The van der Waals surface area contributed by atoms with Crippen LogP contribution in [0.15, 0.2) is 18.2 Å². The summed E-state index contributed by atoms with van der Waals surface area (Å²) < 4.78 is 51.2. The average Bonchev–Trinajstić information content (AvgIpc) is 2.64. The second-order valence-electron chi connectivity index (χ2n) is 6.25. The lowest BCUT2D eigenvalue weighted by molar-refractivity contribution is -0.175. The lowest BCUT2D eigenvalue weighted by Crippen LogP contribution is -2.48. The number of alkyl halides is 3. The van der Waals surface area contributed by atoms with Crippen LogP contribution in [0.1, 0.15) is 12.0 Å². The van der Waals surface area contributed by atoms with Crippen molar-refractivity contribution in [1.82, 2.24) is 9.80 Å². The largest absolute Gasteiger partial charge is 0.497 e. The number of hydrogen-bond acceptors (Lipinski definition) is 5. The van der Waals surface area contributed by atoms with Gasteiger partial charge in [0.15, 0.2) is 0 Å². The first kappa shape index (κ1) is 21.3. The van der Waals surface area contributed by atoms with Crippen LogP contribution in [-0.2, 0) is 16.1 Å². The summed E-state index contributed by atoms with van der Waals surface area (Å²) in [7, 11) is 3.22. The lowest BCUT2D eigenvalue weighted by atomic mass is 10.1. The van der Waals surface area contributed by atoms with Gasteiger partial charge in [0.25, 0.3) is 0 Å². The molecule has 0 unspecified atom stereocenters. The zero-order valence-electron chi connectivity index (χ0n) is 15.6. The highest BCUT2D eigenvalue weighted by molar-refractivity contribution is 5.76. The molecule has 2 rings (SSSR count). The molecule has 1 fully saturated rings. The Bertz CT molecular complexity index is 617. The topological polar surface area (TPSA) is 51.2 Å². The summed E-state index contributed by atoms with van der Waals surface area (Å²) in [6, 6.07) is 5.61. The molecule has 0 spiro atoms. The van der Waals surface area contributed by atoms with E-state index in [1.54, 1.807) is 19.1 Å². The number of nitrogens with zero attached hydrogens (tertiary/aromatic N) is 2. The van der Waals surface area contributed by atoms with Crippen LogP contribution < -0.4 is 9.47 Å². The number of hydrogen-bond donors (Lipinski definition) is 0. The summed E-state index contributed by atoms with van der Waals surface area (Å²) in [5, 5.41) is 0. The van der Waals surface area contributed by atoms with Crippen LogP contribution in [0.5, 0.6) is 11.5 Å². The molecule has 1 amide bonds. The molecule has 1 aliphatic heterocycles. The second-order valence-corrected chi connectivity index (χ2v) is 6.25. The normalized spacial score (nSPS) is 15.7. The molecular weight excluding hydrogens is 365 g/mol. The number of ether oxygens (including phenoxy) is 3. The van der Waals surface area contributed by atoms with Crippen LogP contribution in [0.4, 0.5) is 13.2 Å². The van der Waals surface area contributed by atoms with Crippen LogP contribution in [0.25, 0.3) is 0 Å². The highest BCUT2D eigenvalue weighted by Gasteiger charge is 2.28. The van der Waals surface area contributed by atoms with E-state index < -0.39 is 12.8 Å². The maximum absolute atomic E-state index is 12.1. The molecule has 1 saturated heterocycles. The lowest BCUT2D eigenvalue weighted by Gasteiger charge is -2.35. The van der Waals surface area contributed by atoms with Gasteiger partial charge in [0.05, 0.1) is 27.2 Å². The van der Waals surface area contributed by atoms with E-state index in [0.29, 0.717) is 32.7 Å². The fourth-order valence-electron chi connectivity index (χ4n) is 2.91. The summed E-state index contributed by atoms with van der Waals surface area (Å²) >= 11 is 0. The van der Waals surface area contributed by atoms with Crippen molar-refractivity contribution in [1.29, 1.82) is 0 Å². The van der Waals surface area contributed by atoms with Crippen LogP contribution >= 0.6 is 0 Å². The van der Waals surface area contributed by atoms with E-state index in [1.807, 2.05) is 18.2 Å². The third kappa shape index (κ3) is 6.91. The van der Waals surface area contributed by atoms with Crippen molar-refractivity contribution in [2.45, 2.75) is 19.1 Å². The molecule has 0 atom stereocenters. The zero-order valence-corrected chi connectivity index (χ0v) is 15.6. The second kappa shape index (κ2) is 9.80.